The molecule has 1 saturated heterocycles. The van der Waals surface area contributed by atoms with Crippen LogP contribution >= 0.6 is 11.6 Å². The first-order chi connectivity index (χ1) is 10.6. The van der Waals surface area contributed by atoms with Gasteiger partial charge < -0.3 is 9.64 Å². The number of halogens is 1. The van der Waals surface area contributed by atoms with E-state index in [2.05, 4.69) is 17.8 Å². The molecule has 0 aliphatic carbocycles. The van der Waals surface area contributed by atoms with Crippen molar-refractivity contribution in [3.8, 4) is 5.75 Å². The number of hydrogen-bond donors (Lipinski definition) is 2. The van der Waals surface area contributed by atoms with Crippen molar-refractivity contribution in [3.63, 3.8) is 0 Å². The molecule has 1 fully saturated rings. The highest BCUT2D eigenvalue weighted by Gasteiger charge is 2.30. The second kappa shape index (κ2) is 8.36. The fourth-order valence-corrected chi connectivity index (χ4v) is 2.66. The van der Waals surface area contributed by atoms with E-state index in [1.165, 1.54) is 0 Å². The first-order valence-electron chi connectivity index (χ1n) is 7.74. The highest BCUT2D eigenvalue weighted by Crippen LogP contribution is 2.15. The Morgan fingerprint density at radius 3 is 2.77 bits per heavy atom. The predicted molar refractivity (Wildman–Crippen MR) is 88.0 cm³/mol. The molecule has 0 saturated carbocycles. The van der Waals surface area contributed by atoms with Crippen molar-refractivity contribution >= 4 is 17.5 Å². The summed E-state index contributed by atoms with van der Waals surface area (Å²) in [7, 11) is 1.81. The summed E-state index contributed by atoms with van der Waals surface area (Å²) in [5, 5.41) is 0.682. The van der Waals surface area contributed by atoms with Crippen LogP contribution in [0.15, 0.2) is 24.3 Å². The lowest BCUT2D eigenvalue weighted by Crippen LogP contribution is -2.45. The van der Waals surface area contributed by atoms with Gasteiger partial charge >= 0.3 is 0 Å². The van der Waals surface area contributed by atoms with Gasteiger partial charge in [0.1, 0.15) is 18.4 Å². The maximum Gasteiger partial charge on any atom is 0.240 e. The van der Waals surface area contributed by atoms with Crippen LogP contribution < -0.4 is 15.6 Å². The molecular formula is C16H24ClN3O2. The van der Waals surface area contributed by atoms with Crippen molar-refractivity contribution in [2.24, 2.45) is 0 Å². The number of amides is 1. The van der Waals surface area contributed by atoms with Crippen LogP contribution in [-0.2, 0) is 4.79 Å². The van der Waals surface area contributed by atoms with Gasteiger partial charge in [0.05, 0.1) is 6.54 Å². The summed E-state index contributed by atoms with van der Waals surface area (Å²) in [4.78, 5) is 14.0. The Labute approximate surface area is 136 Å². The number of likely N-dealkylation sites (N-methyl/N-ethyl adjacent to an activating group) is 1. The number of benzene rings is 1. The Kier molecular flexibility index (Phi) is 6.49. The van der Waals surface area contributed by atoms with Crippen LogP contribution in [0.25, 0.3) is 0 Å². The van der Waals surface area contributed by atoms with Gasteiger partial charge in [0, 0.05) is 18.1 Å². The van der Waals surface area contributed by atoms with Crippen molar-refractivity contribution in [2.45, 2.75) is 38.3 Å². The SMILES string of the molecule is CCCC1CC(C(=O)N(C)CCOc2ccc(Cl)cc2)NN1. The quantitative estimate of drug-likeness (QED) is 0.807. The lowest BCUT2D eigenvalue weighted by atomic mass is 10.1. The van der Waals surface area contributed by atoms with E-state index in [1.54, 1.807) is 17.0 Å². The van der Waals surface area contributed by atoms with Crippen molar-refractivity contribution in [3.05, 3.63) is 29.3 Å². The monoisotopic (exact) mass is 325 g/mol. The van der Waals surface area contributed by atoms with Crippen LogP contribution in [0, 0.1) is 0 Å². The molecule has 1 aliphatic heterocycles. The summed E-state index contributed by atoms with van der Waals surface area (Å²) in [6, 6.07) is 7.46. The minimum Gasteiger partial charge on any atom is -0.492 e. The molecule has 122 valence electrons. The number of rotatable bonds is 7. The van der Waals surface area contributed by atoms with Crippen LogP contribution in [0.2, 0.25) is 5.02 Å². The van der Waals surface area contributed by atoms with E-state index in [0.717, 1.165) is 25.0 Å². The average molecular weight is 326 g/mol. The average Bonchev–Trinajstić information content (AvgIpc) is 2.97. The van der Waals surface area contributed by atoms with Gasteiger partial charge in [-0.25, -0.2) is 5.43 Å². The van der Waals surface area contributed by atoms with Crippen molar-refractivity contribution in [1.29, 1.82) is 0 Å². The Balaban J connectivity index is 1.71. The van der Waals surface area contributed by atoms with Gasteiger partial charge in [0.15, 0.2) is 0 Å². The number of carbonyl (C=O) groups excluding carboxylic acids is 1. The zero-order valence-corrected chi connectivity index (χ0v) is 13.9. The van der Waals surface area contributed by atoms with Crippen molar-refractivity contribution in [2.75, 3.05) is 20.2 Å². The number of nitrogens with one attached hydrogen (secondary N) is 2. The lowest BCUT2D eigenvalue weighted by molar-refractivity contribution is -0.132. The standard InChI is InChI=1S/C16H24ClN3O2/c1-3-4-13-11-15(19-18-13)16(21)20(2)9-10-22-14-7-5-12(17)6-8-14/h5-8,13,15,18-19H,3-4,9-11H2,1-2H3. The summed E-state index contributed by atoms with van der Waals surface area (Å²) in [5.41, 5.74) is 6.28. The molecule has 1 amide bonds. The van der Waals surface area contributed by atoms with Crippen LogP contribution in [0.5, 0.6) is 5.75 Å². The van der Waals surface area contributed by atoms with Crippen LogP contribution in [-0.4, -0.2) is 43.1 Å². The molecule has 1 aromatic rings. The fourth-order valence-electron chi connectivity index (χ4n) is 2.53. The van der Waals surface area contributed by atoms with Crippen molar-refractivity contribution < 1.29 is 9.53 Å². The number of ether oxygens (including phenoxy) is 1. The largest absolute Gasteiger partial charge is 0.492 e. The molecule has 2 unspecified atom stereocenters. The number of hydrogen-bond acceptors (Lipinski definition) is 4. The molecule has 2 rings (SSSR count). The molecule has 0 radical (unpaired) electrons. The first kappa shape index (κ1) is 17.1. The van der Waals surface area contributed by atoms with E-state index in [4.69, 9.17) is 16.3 Å². The Morgan fingerprint density at radius 2 is 2.09 bits per heavy atom. The van der Waals surface area contributed by atoms with Gasteiger partial charge in [0.25, 0.3) is 0 Å². The van der Waals surface area contributed by atoms with E-state index >= 15 is 0 Å². The third-order valence-corrected chi connectivity index (χ3v) is 4.05. The van der Waals surface area contributed by atoms with Crippen molar-refractivity contribution in [1.82, 2.24) is 15.8 Å². The maximum atomic E-state index is 12.3. The minimum absolute atomic E-state index is 0.103. The molecule has 2 N–H and O–H groups in total. The van der Waals surface area contributed by atoms with E-state index in [-0.39, 0.29) is 11.9 Å². The predicted octanol–water partition coefficient (Wildman–Crippen LogP) is 2.21. The molecule has 0 bridgehead atoms. The van der Waals surface area contributed by atoms with Gasteiger partial charge in [-0.05, 0) is 37.1 Å². The third-order valence-electron chi connectivity index (χ3n) is 3.80. The van der Waals surface area contributed by atoms with E-state index in [1.807, 2.05) is 19.2 Å². The number of carbonyl (C=O) groups is 1. The first-order valence-corrected chi connectivity index (χ1v) is 8.12. The zero-order valence-electron chi connectivity index (χ0n) is 13.1. The molecule has 5 nitrogen and oxygen atoms in total. The highest BCUT2D eigenvalue weighted by atomic mass is 35.5. The summed E-state index contributed by atoms with van der Waals surface area (Å²) in [6.45, 7) is 3.16. The second-order valence-corrected chi connectivity index (χ2v) is 6.06. The number of nitrogens with zero attached hydrogens (tertiary/aromatic N) is 1. The lowest BCUT2D eigenvalue weighted by Gasteiger charge is -2.21. The maximum absolute atomic E-state index is 12.3. The molecule has 22 heavy (non-hydrogen) atoms. The summed E-state index contributed by atoms with van der Waals surface area (Å²) in [6.07, 6.45) is 3.04. The van der Waals surface area contributed by atoms with Crippen LogP contribution in [0.4, 0.5) is 0 Å². The van der Waals surface area contributed by atoms with Gasteiger partial charge in [-0.1, -0.05) is 24.9 Å². The minimum atomic E-state index is -0.142. The molecule has 1 aromatic carbocycles. The topological polar surface area (TPSA) is 53.6 Å². The molecule has 0 aromatic heterocycles. The van der Waals surface area contributed by atoms with Gasteiger partial charge in [-0.15, -0.1) is 0 Å². The summed E-state index contributed by atoms with van der Waals surface area (Å²) >= 11 is 5.82. The highest BCUT2D eigenvalue weighted by molar-refractivity contribution is 6.30. The summed E-state index contributed by atoms with van der Waals surface area (Å²) in [5.74, 6) is 0.861. The Morgan fingerprint density at radius 1 is 1.36 bits per heavy atom. The molecule has 0 spiro atoms. The molecule has 1 aliphatic rings. The summed E-state index contributed by atoms with van der Waals surface area (Å²) < 4.78 is 5.62. The normalized spacial score (nSPS) is 20.9. The van der Waals surface area contributed by atoms with Crippen LogP contribution in [0.3, 0.4) is 0 Å². The van der Waals surface area contributed by atoms with Gasteiger partial charge in [0.2, 0.25) is 5.91 Å². The Bertz CT molecular complexity index is 481. The third kappa shape index (κ3) is 4.87. The van der Waals surface area contributed by atoms with E-state index in [9.17, 15) is 4.79 Å². The van der Waals surface area contributed by atoms with E-state index < -0.39 is 0 Å². The Hall–Kier alpha value is -1.30. The molecule has 2 atom stereocenters. The molecule has 6 heteroatoms. The zero-order chi connectivity index (χ0) is 15.9. The van der Waals surface area contributed by atoms with Crippen LogP contribution in [0.1, 0.15) is 26.2 Å². The fraction of sp³-hybridized carbons (Fsp3) is 0.562. The smallest absolute Gasteiger partial charge is 0.240 e. The van der Waals surface area contributed by atoms with Gasteiger partial charge in [-0.3, -0.25) is 10.2 Å². The number of hydrazine groups is 1. The van der Waals surface area contributed by atoms with E-state index in [0.29, 0.717) is 24.2 Å². The molecule has 1 heterocycles. The molecular weight excluding hydrogens is 302 g/mol. The second-order valence-electron chi connectivity index (χ2n) is 5.62. The van der Waals surface area contributed by atoms with Gasteiger partial charge in [-0.2, -0.15) is 0 Å².